The Bertz CT molecular complexity index is 957. The molecular formula is C15H14N4O2. The van der Waals surface area contributed by atoms with Crippen molar-refractivity contribution in [3.8, 4) is 0 Å². The van der Waals surface area contributed by atoms with Crippen LogP contribution in [-0.2, 0) is 0 Å². The Morgan fingerprint density at radius 1 is 1.33 bits per heavy atom. The van der Waals surface area contributed by atoms with Gasteiger partial charge < -0.3 is 10.0 Å². The monoisotopic (exact) mass is 282 g/mol. The number of aliphatic hydroxyl groups excluding tert-OH is 1. The summed E-state index contributed by atoms with van der Waals surface area (Å²) >= 11 is 0. The number of hydrogen-bond acceptors (Lipinski definition) is 5. The molecule has 3 rings (SSSR count). The SMILES string of the molecule is CN(C)C=C/C(O)=c1\cnc2nc3ccccc3n2c1=O. The summed E-state index contributed by atoms with van der Waals surface area (Å²) in [4.78, 5) is 22.7. The molecule has 21 heavy (non-hydrogen) atoms. The van der Waals surface area contributed by atoms with Gasteiger partial charge in [-0.2, -0.15) is 0 Å². The molecule has 0 saturated heterocycles. The average Bonchev–Trinajstić information content (AvgIpc) is 2.84. The molecule has 0 unspecified atom stereocenters. The molecule has 0 amide bonds. The zero-order valence-electron chi connectivity index (χ0n) is 11.7. The summed E-state index contributed by atoms with van der Waals surface area (Å²) in [6.45, 7) is 0. The summed E-state index contributed by atoms with van der Waals surface area (Å²) in [6, 6.07) is 7.30. The van der Waals surface area contributed by atoms with Gasteiger partial charge in [0.2, 0.25) is 5.78 Å². The molecule has 0 aliphatic heterocycles. The van der Waals surface area contributed by atoms with Crippen LogP contribution in [0, 0.1) is 0 Å². The van der Waals surface area contributed by atoms with E-state index in [2.05, 4.69) is 9.97 Å². The van der Waals surface area contributed by atoms with Gasteiger partial charge >= 0.3 is 0 Å². The average molecular weight is 282 g/mol. The van der Waals surface area contributed by atoms with Gasteiger partial charge in [0.05, 0.1) is 11.0 Å². The van der Waals surface area contributed by atoms with Crippen LogP contribution in [-0.4, -0.2) is 38.5 Å². The van der Waals surface area contributed by atoms with Gasteiger partial charge in [-0.05, 0) is 18.2 Å². The number of imidazole rings is 1. The standard InChI is InChI=1S/C15H14N4O2/c1-18(2)8-7-13(20)10-9-16-15-17-11-5-3-4-6-12(11)19(15)14(10)21/h3-9,20H,1-2H3/b8-7?,13-10-. The lowest BCUT2D eigenvalue weighted by Gasteiger charge is -2.02. The van der Waals surface area contributed by atoms with Crippen LogP contribution in [0.3, 0.4) is 0 Å². The van der Waals surface area contributed by atoms with Crippen molar-refractivity contribution in [3.63, 3.8) is 0 Å². The molecule has 0 fully saturated rings. The zero-order valence-corrected chi connectivity index (χ0v) is 11.7. The van der Waals surface area contributed by atoms with E-state index in [9.17, 15) is 9.90 Å². The first-order valence-electron chi connectivity index (χ1n) is 6.42. The van der Waals surface area contributed by atoms with Gasteiger partial charge in [0, 0.05) is 26.5 Å². The van der Waals surface area contributed by atoms with Gasteiger partial charge in [0.1, 0.15) is 11.0 Å². The van der Waals surface area contributed by atoms with E-state index in [0.29, 0.717) is 16.8 Å². The molecule has 2 aromatic heterocycles. The smallest absolute Gasteiger partial charge is 0.270 e. The third-order valence-electron chi connectivity index (χ3n) is 3.09. The highest BCUT2D eigenvalue weighted by Crippen LogP contribution is 2.11. The van der Waals surface area contributed by atoms with E-state index in [-0.39, 0.29) is 16.5 Å². The highest BCUT2D eigenvalue weighted by atomic mass is 16.3. The molecule has 0 aliphatic carbocycles. The Labute approximate surface area is 120 Å². The quantitative estimate of drug-likeness (QED) is 0.749. The van der Waals surface area contributed by atoms with E-state index in [1.165, 1.54) is 16.7 Å². The molecule has 3 aromatic rings. The Morgan fingerprint density at radius 2 is 2.10 bits per heavy atom. The number of benzene rings is 1. The molecule has 106 valence electrons. The Morgan fingerprint density at radius 3 is 2.86 bits per heavy atom. The molecule has 1 aromatic carbocycles. The van der Waals surface area contributed by atoms with Crippen molar-refractivity contribution in [1.29, 1.82) is 0 Å². The molecule has 0 spiro atoms. The summed E-state index contributed by atoms with van der Waals surface area (Å²) < 4.78 is 1.41. The Hall–Kier alpha value is -2.89. The fraction of sp³-hybridized carbons (Fsp3) is 0.133. The topological polar surface area (TPSA) is 70.7 Å². The fourth-order valence-corrected chi connectivity index (χ4v) is 2.08. The van der Waals surface area contributed by atoms with Gasteiger partial charge in [-0.1, -0.05) is 12.1 Å². The van der Waals surface area contributed by atoms with Crippen molar-refractivity contribution in [2.24, 2.45) is 0 Å². The van der Waals surface area contributed by atoms with Crippen LogP contribution in [0.5, 0.6) is 0 Å². The minimum atomic E-state index is -0.338. The number of aromatic nitrogens is 3. The van der Waals surface area contributed by atoms with Crippen molar-refractivity contribution in [2.75, 3.05) is 14.1 Å². The summed E-state index contributed by atoms with van der Waals surface area (Å²) in [7, 11) is 3.65. The maximum atomic E-state index is 12.5. The third kappa shape index (κ3) is 2.20. The van der Waals surface area contributed by atoms with Gasteiger partial charge in [-0.15, -0.1) is 0 Å². The first kappa shape index (κ1) is 13.1. The maximum Gasteiger partial charge on any atom is 0.270 e. The number of para-hydroxylation sites is 2. The third-order valence-corrected chi connectivity index (χ3v) is 3.09. The Kier molecular flexibility index (Phi) is 3.06. The lowest BCUT2D eigenvalue weighted by Crippen LogP contribution is -2.33. The van der Waals surface area contributed by atoms with E-state index in [0.717, 1.165) is 0 Å². The number of nitrogens with zero attached hydrogens (tertiary/aromatic N) is 4. The van der Waals surface area contributed by atoms with Crippen LogP contribution < -0.4 is 10.8 Å². The van der Waals surface area contributed by atoms with Gasteiger partial charge in [0.15, 0.2) is 0 Å². The van der Waals surface area contributed by atoms with Crippen molar-refractivity contribution in [2.45, 2.75) is 0 Å². The van der Waals surface area contributed by atoms with Crippen LogP contribution in [0.4, 0.5) is 0 Å². The van der Waals surface area contributed by atoms with E-state index in [1.807, 2.05) is 32.3 Å². The summed E-state index contributed by atoms with van der Waals surface area (Å²) in [5.41, 5.74) is 1.04. The van der Waals surface area contributed by atoms with E-state index in [4.69, 9.17) is 0 Å². The van der Waals surface area contributed by atoms with Crippen LogP contribution in [0.15, 0.2) is 47.5 Å². The Balaban J connectivity index is 2.37. The lowest BCUT2D eigenvalue weighted by molar-refractivity contribution is 0.504. The van der Waals surface area contributed by atoms with Crippen molar-refractivity contribution in [1.82, 2.24) is 19.3 Å². The molecule has 0 atom stereocenters. The van der Waals surface area contributed by atoms with Gasteiger partial charge in [0.25, 0.3) is 5.56 Å². The minimum Gasteiger partial charge on any atom is -0.507 e. The van der Waals surface area contributed by atoms with Crippen molar-refractivity contribution < 1.29 is 5.11 Å². The van der Waals surface area contributed by atoms with Crippen LogP contribution in [0.1, 0.15) is 0 Å². The summed E-state index contributed by atoms with van der Waals surface area (Å²) in [5, 5.41) is 10.2. The van der Waals surface area contributed by atoms with Crippen molar-refractivity contribution in [3.05, 3.63) is 58.3 Å². The highest BCUT2D eigenvalue weighted by Gasteiger charge is 2.09. The van der Waals surface area contributed by atoms with Crippen LogP contribution >= 0.6 is 0 Å². The predicted molar refractivity (Wildman–Crippen MR) is 80.8 cm³/mol. The number of rotatable bonds is 2. The number of fused-ring (bicyclic) bond motifs is 3. The lowest BCUT2D eigenvalue weighted by atomic mass is 10.3. The molecule has 2 heterocycles. The molecule has 1 N–H and O–H groups in total. The maximum absolute atomic E-state index is 12.5. The molecular weight excluding hydrogens is 268 g/mol. The molecule has 0 saturated carbocycles. The molecule has 0 aliphatic rings. The molecule has 0 bridgehead atoms. The molecule has 6 nitrogen and oxygen atoms in total. The fourth-order valence-electron chi connectivity index (χ4n) is 2.08. The molecule has 6 heteroatoms. The van der Waals surface area contributed by atoms with Crippen LogP contribution in [0.2, 0.25) is 0 Å². The first-order chi connectivity index (χ1) is 10.1. The minimum absolute atomic E-state index is 0.124. The summed E-state index contributed by atoms with van der Waals surface area (Å²) in [6.07, 6.45) is 4.47. The number of aliphatic hydroxyl groups is 1. The van der Waals surface area contributed by atoms with Crippen LogP contribution in [0.25, 0.3) is 22.6 Å². The highest BCUT2D eigenvalue weighted by molar-refractivity contribution is 5.79. The molecule has 0 radical (unpaired) electrons. The normalized spacial score (nSPS) is 13.2. The summed E-state index contributed by atoms with van der Waals surface area (Å²) in [5.74, 6) is 0.204. The predicted octanol–water partition coefficient (Wildman–Crippen LogP) is 0.703. The largest absolute Gasteiger partial charge is 0.507 e. The van der Waals surface area contributed by atoms with Crippen molar-refractivity contribution >= 4 is 22.6 Å². The van der Waals surface area contributed by atoms with Gasteiger partial charge in [-0.3, -0.25) is 4.79 Å². The zero-order chi connectivity index (χ0) is 15.0. The second-order valence-corrected chi connectivity index (χ2v) is 4.88. The van der Waals surface area contributed by atoms with Gasteiger partial charge in [-0.25, -0.2) is 14.4 Å². The van der Waals surface area contributed by atoms with E-state index >= 15 is 0 Å². The van der Waals surface area contributed by atoms with E-state index < -0.39 is 0 Å². The van der Waals surface area contributed by atoms with E-state index in [1.54, 1.807) is 17.2 Å². The number of hydrogen-bond donors (Lipinski definition) is 1. The first-order valence-corrected chi connectivity index (χ1v) is 6.42. The second-order valence-electron chi connectivity index (χ2n) is 4.88. The second kappa shape index (κ2) is 4.90.